The van der Waals surface area contributed by atoms with Crippen molar-refractivity contribution in [3.63, 3.8) is 0 Å². The van der Waals surface area contributed by atoms with Crippen molar-refractivity contribution in [1.82, 2.24) is 4.98 Å². The van der Waals surface area contributed by atoms with Crippen molar-refractivity contribution in [2.24, 2.45) is 0 Å². The Morgan fingerprint density at radius 1 is 1.50 bits per heavy atom. The van der Waals surface area contributed by atoms with Crippen molar-refractivity contribution in [3.05, 3.63) is 36.5 Å². The molecule has 0 unspecified atom stereocenters. The van der Waals surface area contributed by atoms with Gasteiger partial charge in [0.05, 0.1) is 0 Å². The molecule has 0 aliphatic carbocycles. The zero-order chi connectivity index (χ0) is 5.82. The molecule has 1 heterocycles. The maximum Gasteiger partial charge on any atom is 0.0482 e. The molecule has 0 atom stereocenters. The molecule has 0 aliphatic rings. The fourth-order valence-electron chi connectivity index (χ4n) is 0.511. The van der Waals surface area contributed by atoms with E-state index in [1.165, 1.54) is 0 Å². The molecule has 0 saturated carbocycles. The van der Waals surface area contributed by atoms with Gasteiger partial charge in [0.15, 0.2) is 0 Å². The summed E-state index contributed by atoms with van der Waals surface area (Å²) in [6.45, 7) is 1.85. The van der Waals surface area contributed by atoms with Gasteiger partial charge in [0.25, 0.3) is 0 Å². The molecule has 8 heavy (non-hydrogen) atoms. The SMILES string of the molecule is C[C]c1ccccn1. The fourth-order valence-corrected chi connectivity index (χ4v) is 0.511. The minimum absolute atomic E-state index is 0.910. The summed E-state index contributed by atoms with van der Waals surface area (Å²) in [7, 11) is 0. The highest BCUT2D eigenvalue weighted by Crippen LogP contribution is 1.93. The summed E-state index contributed by atoms with van der Waals surface area (Å²) in [5.41, 5.74) is 0.910. The smallest absolute Gasteiger partial charge is 0.0482 e. The lowest BCUT2D eigenvalue weighted by molar-refractivity contribution is 1.20. The third-order valence-corrected chi connectivity index (χ3v) is 0.921. The van der Waals surface area contributed by atoms with E-state index in [-0.39, 0.29) is 0 Å². The lowest BCUT2D eigenvalue weighted by atomic mass is 10.3. The highest BCUT2D eigenvalue weighted by Gasteiger charge is 1.82. The van der Waals surface area contributed by atoms with Gasteiger partial charge in [-0.1, -0.05) is 13.0 Å². The highest BCUT2D eigenvalue weighted by molar-refractivity contribution is 5.10. The summed E-state index contributed by atoms with van der Waals surface area (Å²) in [5, 5.41) is 0. The molecule has 2 radical (unpaired) electrons. The van der Waals surface area contributed by atoms with E-state index in [0.29, 0.717) is 0 Å². The lowest BCUT2D eigenvalue weighted by Gasteiger charge is -1.87. The van der Waals surface area contributed by atoms with Crippen molar-refractivity contribution in [3.8, 4) is 0 Å². The van der Waals surface area contributed by atoms with Gasteiger partial charge in [-0.3, -0.25) is 4.98 Å². The molecule has 1 aromatic rings. The molecule has 0 saturated heterocycles. The summed E-state index contributed by atoms with van der Waals surface area (Å²) in [6.07, 6.45) is 4.67. The Hall–Kier alpha value is -0.850. The van der Waals surface area contributed by atoms with Gasteiger partial charge in [0, 0.05) is 18.3 Å². The van der Waals surface area contributed by atoms with Crippen LogP contribution in [0.1, 0.15) is 12.6 Å². The van der Waals surface area contributed by atoms with E-state index in [9.17, 15) is 0 Å². The standard InChI is InChI=1S/C7H7N/c1-2-7-5-3-4-6-8-7/h3-6H,1H3. The molecule has 0 aromatic carbocycles. The summed E-state index contributed by atoms with van der Waals surface area (Å²) in [6, 6.07) is 5.75. The molecule has 1 rings (SSSR count). The van der Waals surface area contributed by atoms with Crippen molar-refractivity contribution in [2.45, 2.75) is 6.92 Å². The molecule has 0 spiro atoms. The number of nitrogens with zero attached hydrogens (tertiary/aromatic N) is 1. The van der Waals surface area contributed by atoms with Gasteiger partial charge < -0.3 is 0 Å². The number of rotatable bonds is 1. The Morgan fingerprint density at radius 3 is 2.75 bits per heavy atom. The zero-order valence-corrected chi connectivity index (χ0v) is 4.76. The number of pyridine rings is 1. The Kier molecular flexibility index (Phi) is 1.62. The molecule has 1 aromatic heterocycles. The Labute approximate surface area is 49.4 Å². The number of hydrogen-bond donors (Lipinski definition) is 0. The van der Waals surface area contributed by atoms with Gasteiger partial charge in [-0.05, 0) is 12.1 Å². The molecule has 0 fully saturated rings. The third-order valence-electron chi connectivity index (χ3n) is 0.921. The van der Waals surface area contributed by atoms with E-state index in [4.69, 9.17) is 0 Å². The molecule has 0 bridgehead atoms. The monoisotopic (exact) mass is 105 g/mol. The summed E-state index contributed by atoms with van der Waals surface area (Å²) >= 11 is 0. The summed E-state index contributed by atoms with van der Waals surface area (Å²) in [4.78, 5) is 3.99. The maximum absolute atomic E-state index is 3.99. The maximum atomic E-state index is 3.99. The molecular weight excluding hydrogens is 98.1 g/mol. The second-order valence-corrected chi connectivity index (χ2v) is 1.46. The average Bonchev–Trinajstić information content (AvgIpc) is 1.90. The van der Waals surface area contributed by atoms with E-state index < -0.39 is 0 Å². The Bertz CT molecular complexity index is 146. The molecular formula is C7H7N. The Balaban J connectivity index is 2.83. The minimum atomic E-state index is 0.910. The average molecular weight is 105 g/mol. The van der Waals surface area contributed by atoms with E-state index in [2.05, 4.69) is 11.4 Å². The Morgan fingerprint density at radius 2 is 2.38 bits per heavy atom. The molecule has 1 heteroatoms. The van der Waals surface area contributed by atoms with Crippen LogP contribution in [0.5, 0.6) is 0 Å². The topological polar surface area (TPSA) is 12.9 Å². The van der Waals surface area contributed by atoms with Crippen LogP contribution in [0.25, 0.3) is 0 Å². The molecule has 0 aliphatic heterocycles. The van der Waals surface area contributed by atoms with E-state index >= 15 is 0 Å². The minimum Gasteiger partial charge on any atom is -0.261 e. The van der Waals surface area contributed by atoms with Crippen molar-refractivity contribution >= 4 is 0 Å². The van der Waals surface area contributed by atoms with Gasteiger partial charge in [0.1, 0.15) is 0 Å². The predicted molar refractivity (Wildman–Crippen MR) is 32.3 cm³/mol. The lowest BCUT2D eigenvalue weighted by Crippen LogP contribution is -1.78. The molecule has 40 valence electrons. The van der Waals surface area contributed by atoms with Crippen LogP contribution >= 0.6 is 0 Å². The van der Waals surface area contributed by atoms with Gasteiger partial charge in [-0.25, -0.2) is 0 Å². The molecule has 1 nitrogen and oxygen atoms in total. The van der Waals surface area contributed by atoms with Crippen LogP contribution in [0.4, 0.5) is 0 Å². The van der Waals surface area contributed by atoms with Gasteiger partial charge >= 0.3 is 0 Å². The van der Waals surface area contributed by atoms with Crippen LogP contribution in [0, 0.1) is 6.42 Å². The molecule has 0 N–H and O–H groups in total. The first-order valence-electron chi connectivity index (χ1n) is 2.52. The quantitative estimate of drug-likeness (QED) is 0.527. The highest BCUT2D eigenvalue weighted by atomic mass is 14.6. The first-order chi connectivity index (χ1) is 3.93. The second-order valence-electron chi connectivity index (χ2n) is 1.46. The van der Waals surface area contributed by atoms with E-state index in [0.717, 1.165) is 5.69 Å². The summed E-state index contributed by atoms with van der Waals surface area (Å²) < 4.78 is 0. The fraction of sp³-hybridized carbons (Fsp3) is 0.143. The van der Waals surface area contributed by atoms with Gasteiger partial charge in [-0.2, -0.15) is 0 Å². The van der Waals surface area contributed by atoms with Crippen LogP contribution in [0.3, 0.4) is 0 Å². The van der Waals surface area contributed by atoms with Crippen LogP contribution in [-0.2, 0) is 0 Å². The molecule has 0 amide bonds. The summed E-state index contributed by atoms with van der Waals surface area (Å²) in [5.74, 6) is 0. The van der Waals surface area contributed by atoms with Crippen LogP contribution in [0.2, 0.25) is 0 Å². The predicted octanol–water partition coefficient (Wildman–Crippen LogP) is 1.53. The van der Waals surface area contributed by atoms with Crippen molar-refractivity contribution < 1.29 is 0 Å². The first-order valence-corrected chi connectivity index (χ1v) is 2.52. The van der Waals surface area contributed by atoms with Crippen molar-refractivity contribution in [2.75, 3.05) is 0 Å². The number of aromatic nitrogens is 1. The van der Waals surface area contributed by atoms with E-state index in [1.807, 2.05) is 25.1 Å². The number of hydrogen-bond acceptors (Lipinski definition) is 1. The normalized spacial score (nSPS) is 9.12. The second kappa shape index (κ2) is 2.46. The zero-order valence-electron chi connectivity index (χ0n) is 4.76. The van der Waals surface area contributed by atoms with Crippen LogP contribution < -0.4 is 0 Å². The first kappa shape index (κ1) is 5.29. The van der Waals surface area contributed by atoms with Gasteiger partial charge in [-0.15, -0.1) is 0 Å². The van der Waals surface area contributed by atoms with Crippen LogP contribution in [-0.4, -0.2) is 4.98 Å². The van der Waals surface area contributed by atoms with E-state index in [1.54, 1.807) is 6.20 Å². The van der Waals surface area contributed by atoms with Crippen LogP contribution in [0.15, 0.2) is 24.4 Å². The van der Waals surface area contributed by atoms with Gasteiger partial charge in [0.2, 0.25) is 0 Å². The third kappa shape index (κ3) is 1.06. The van der Waals surface area contributed by atoms with Crippen molar-refractivity contribution in [1.29, 1.82) is 0 Å². The largest absolute Gasteiger partial charge is 0.261 e.